The molecule has 0 saturated heterocycles. The van der Waals surface area contributed by atoms with E-state index < -0.39 is 53.3 Å². The van der Waals surface area contributed by atoms with E-state index >= 15 is 0 Å². The highest BCUT2D eigenvalue weighted by Crippen LogP contribution is 2.63. The number of hydrogen-bond donors (Lipinski definition) is 1. The molecular weight excluding hydrogens is 450 g/mol. The fourth-order valence-corrected chi connectivity index (χ4v) is 4.69. The van der Waals surface area contributed by atoms with Gasteiger partial charge in [0.05, 0.1) is 18.1 Å². The monoisotopic (exact) mass is 466 g/mol. The van der Waals surface area contributed by atoms with Gasteiger partial charge in [-0.3, -0.25) is 4.79 Å². The molecule has 172 valence electrons. The molecule has 1 aliphatic carbocycles. The maximum Gasteiger partial charge on any atom is 0.450 e. The van der Waals surface area contributed by atoms with Gasteiger partial charge < -0.3 is 5.11 Å². The summed E-state index contributed by atoms with van der Waals surface area (Å²) in [7, 11) is 0. The first kappa shape index (κ1) is 24.3. The van der Waals surface area contributed by atoms with E-state index in [1.54, 1.807) is 12.1 Å². The standard InChI is InChI=1S/C23H16F6N2O2/c24-22(25,26)19(32)18-17(15-9-5-2-6-10-15)20(12-30,13-31)16(14-7-3-1-4-8-14)11-21(18,33)23(27,28)29/h1-10,16-18,33H,11H2/t16-,17-,18-,21-/m0/s1. The quantitative estimate of drug-likeness (QED) is 0.643. The van der Waals surface area contributed by atoms with Crippen LogP contribution in [0.15, 0.2) is 60.7 Å². The zero-order chi connectivity index (χ0) is 24.7. The summed E-state index contributed by atoms with van der Waals surface area (Å²) in [6.45, 7) is 0. The van der Waals surface area contributed by atoms with E-state index in [9.17, 15) is 46.8 Å². The maximum atomic E-state index is 14.2. The fraction of sp³-hybridized carbons (Fsp3) is 0.348. The van der Waals surface area contributed by atoms with E-state index in [0.717, 1.165) is 12.1 Å². The minimum Gasteiger partial charge on any atom is -0.380 e. The molecule has 1 aliphatic rings. The lowest BCUT2D eigenvalue weighted by Gasteiger charge is -2.53. The number of hydrogen-bond acceptors (Lipinski definition) is 4. The Balaban J connectivity index is 2.44. The Kier molecular flexibility index (Phi) is 6.03. The second-order valence-electron chi connectivity index (χ2n) is 7.91. The Morgan fingerprint density at radius 2 is 1.33 bits per heavy atom. The second-order valence-corrected chi connectivity index (χ2v) is 7.91. The molecule has 0 aliphatic heterocycles. The van der Waals surface area contributed by atoms with E-state index in [1.807, 2.05) is 0 Å². The highest BCUT2D eigenvalue weighted by molar-refractivity contribution is 5.89. The van der Waals surface area contributed by atoms with Gasteiger partial charge in [0.2, 0.25) is 5.78 Å². The number of nitriles is 2. The Bertz CT molecular complexity index is 1090. The predicted molar refractivity (Wildman–Crippen MR) is 102 cm³/mol. The summed E-state index contributed by atoms with van der Waals surface area (Å²) < 4.78 is 83.3. The topological polar surface area (TPSA) is 84.9 Å². The van der Waals surface area contributed by atoms with Crippen LogP contribution in [0.2, 0.25) is 0 Å². The third-order valence-electron chi connectivity index (χ3n) is 6.19. The van der Waals surface area contributed by atoms with Gasteiger partial charge in [0.1, 0.15) is 0 Å². The molecule has 1 N–H and O–H groups in total. The molecule has 0 bridgehead atoms. The van der Waals surface area contributed by atoms with Crippen LogP contribution in [-0.2, 0) is 4.79 Å². The molecule has 0 unspecified atom stereocenters. The van der Waals surface area contributed by atoms with Crippen LogP contribution in [0.1, 0.15) is 29.4 Å². The van der Waals surface area contributed by atoms with Crippen molar-refractivity contribution in [2.45, 2.75) is 36.2 Å². The summed E-state index contributed by atoms with van der Waals surface area (Å²) >= 11 is 0. The van der Waals surface area contributed by atoms with Gasteiger partial charge in [-0.05, 0) is 17.5 Å². The molecule has 0 heterocycles. The van der Waals surface area contributed by atoms with E-state index in [-0.39, 0.29) is 11.1 Å². The molecule has 0 radical (unpaired) electrons. The average Bonchev–Trinajstić information content (AvgIpc) is 2.78. The molecule has 2 aromatic rings. The summed E-state index contributed by atoms with van der Waals surface area (Å²) in [5.74, 6) is -9.90. The van der Waals surface area contributed by atoms with Crippen molar-refractivity contribution in [1.82, 2.24) is 0 Å². The van der Waals surface area contributed by atoms with E-state index in [1.165, 1.54) is 48.5 Å². The van der Waals surface area contributed by atoms with E-state index in [2.05, 4.69) is 0 Å². The van der Waals surface area contributed by atoms with Crippen molar-refractivity contribution < 1.29 is 36.2 Å². The Morgan fingerprint density at radius 1 is 0.879 bits per heavy atom. The number of aliphatic hydroxyl groups is 1. The van der Waals surface area contributed by atoms with Crippen LogP contribution in [0.4, 0.5) is 26.3 Å². The molecule has 0 amide bonds. The number of halogens is 6. The molecule has 2 aromatic carbocycles. The predicted octanol–water partition coefficient (Wildman–Crippen LogP) is 5.03. The summed E-state index contributed by atoms with van der Waals surface area (Å²) in [6.07, 6.45) is -12.9. The number of Topliss-reactive ketones (excluding diaryl/α,β-unsaturated/α-hetero) is 1. The molecule has 1 fully saturated rings. The van der Waals surface area contributed by atoms with Gasteiger partial charge in [-0.1, -0.05) is 60.7 Å². The van der Waals surface area contributed by atoms with Crippen LogP contribution in [0, 0.1) is 34.0 Å². The second kappa shape index (κ2) is 8.20. The van der Waals surface area contributed by atoms with Crippen LogP contribution in [0.3, 0.4) is 0 Å². The normalized spacial score (nSPS) is 27.2. The lowest BCUT2D eigenvalue weighted by Crippen LogP contribution is -2.65. The van der Waals surface area contributed by atoms with Crippen LogP contribution in [-0.4, -0.2) is 28.8 Å². The zero-order valence-corrected chi connectivity index (χ0v) is 16.7. The Morgan fingerprint density at radius 3 is 1.73 bits per heavy atom. The first-order chi connectivity index (χ1) is 15.3. The summed E-state index contributed by atoms with van der Waals surface area (Å²) in [4.78, 5) is 12.4. The number of carbonyl (C=O) groups excluding carboxylic acids is 1. The van der Waals surface area contributed by atoms with Crippen molar-refractivity contribution in [3.05, 3.63) is 71.8 Å². The first-order valence-electron chi connectivity index (χ1n) is 9.66. The molecule has 4 atom stereocenters. The summed E-state index contributed by atoms with van der Waals surface area (Å²) in [5.41, 5.74) is -6.91. The van der Waals surface area contributed by atoms with Gasteiger partial charge in [-0.15, -0.1) is 0 Å². The molecular formula is C23H16F6N2O2. The average molecular weight is 466 g/mol. The zero-order valence-electron chi connectivity index (χ0n) is 16.7. The molecule has 33 heavy (non-hydrogen) atoms. The first-order valence-corrected chi connectivity index (χ1v) is 9.66. The lowest BCUT2D eigenvalue weighted by atomic mass is 9.49. The molecule has 1 saturated carbocycles. The van der Waals surface area contributed by atoms with Crippen molar-refractivity contribution >= 4 is 5.78 Å². The van der Waals surface area contributed by atoms with Gasteiger partial charge in [-0.25, -0.2) is 0 Å². The van der Waals surface area contributed by atoms with Crippen molar-refractivity contribution in [3.63, 3.8) is 0 Å². The SMILES string of the molecule is N#CC1(C#N)[C@H](c2ccccc2)C[C@@](O)(C(F)(F)F)[C@H](C(=O)C(F)(F)F)[C@@H]1c1ccccc1. The summed E-state index contributed by atoms with van der Waals surface area (Å²) in [5, 5.41) is 30.9. The number of nitrogens with zero attached hydrogens (tertiary/aromatic N) is 2. The highest BCUT2D eigenvalue weighted by Gasteiger charge is 2.74. The molecule has 3 rings (SSSR count). The number of alkyl halides is 6. The van der Waals surface area contributed by atoms with Gasteiger partial charge in [0, 0.05) is 11.8 Å². The van der Waals surface area contributed by atoms with Crippen LogP contribution >= 0.6 is 0 Å². The Labute approximate surface area is 184 Å². The van der Waals surface area contributed by atoms with Gasteiger partial charge in [-0.2, -0.15) is 36.9 Å². The van der Waals surface area contributed by atoms with Gasteiger partial charge in [0.25, 0.3) is 0 Å². The van der Waals surface area contributed by atoms with E-state index in [4.69, 9.17) is 0 Å². The van der Waals surface area contributed by atoms with Crippen LogP contribution < -0.4 is 0 Å². The van der Waals surface area contributed by atoms with Crippen molar-refractivity contribution in [2.24, 2.45) is 11.3 Å². The third kappa shape index (κ3) is 3.85. The third-order valence-corrected chi connectivity index (χ3v) is 6.19. The minimum atomic E-state index is -5.76. The van der Waals surface area contributed by atoms with Gasteiger partial charge >= 0.3 is 12.4 Å². The fourth-order valence-electron chi connectivity index (χ4n) is 4.69. The molecule has 4 nitrogen and oxygen atoms in total. The Hall–Kier alpha value is -3.37. The van der Waals surface area contributed by atoms with Crippen molar-refractivity contribution in [1.29, 1.82) is 10.5 Å². The lowest BCUT2D eigenvalue weighted by molar-refractivity contribution is -0.298. The maximum absolute atomic E-state index is 14.2. The van der Waals surface area contributed by atoms with Gasteiger partial charge in [0.15, 0.2) is 11.0 Å². The smallest absolute Gasteiger partial charge is 0.380 e. The number of ketones is 1. The highest BCUT2D eigenvalue weighted by atomic mass is 19.4. The number of carbonyl (C=O) groups is 1. The molecule has 10 heteroatoms. The largest absolute Gasteiger partial charge is 0.450 e. The number of rotatable bonds is 3. The van der Waals surface area contributed by atoms with Crippen molar-refractivity contribution in [2.75, 3.05) is 0 Å². The molecule has 0 aromatic heterocycles. The van der Waals surface area contributed by atoms with Crippen LogP contribution in [0.25, 0.3) is 0 Å². The van der Waals surface area contributed by atoms with Crippen LogP contribution in [0.5, 0.6) is 0 Å². The summed E-state index contributed by atoms with van der Waals surface area (Å²) in [6, 6.07) is 16.5. The molecule has 0 spiro atoms. The van der Waals surface area contributed by atoms with Crippen molar-refractivity contribution in [3.8, 4) is 12.1 Å². The minimum absolute atomic E-state index is 0.0436. The van der Waals surface area contributed by atoms with E-state index in [0.29, 0.717) is 0 Å². The number of benzene rings is 2.